The van der Waals surface area contributed by atoms with E-state index in [1.807, 2.05) is 25.1 Å². The maximum atomic E-state index is 11.7. The number of hydrogen-bond donors (Lipinski definition) is 3. The molecule has 0 aliphatic heterocycles. The molecular weight excluding hydrogens is 266 g/mol. The first kappa shape index (κ1) is 15.5. The molecule has 0 bridgehead atoms. The summed E-state index contributed by atoms with van der Waals surface area (Å²) in [6.45, 7) is 3.62. The van der Waals surface area contributed by atoms with Crippen molar-refractivity contribution in [3.05, 3.63) is 34.9 Å². The van der Waals surface area contributed by atoms with Crippen molar-refractivity contribution in [3.63, 3.8) is 0 Å². The Bertz CT molecular complexity index is 465. The number of benzene rings is 1. The lowest BCUT2D eigenvalue weighted by molar-refractivity contribution is -0.121. The van der Waals surface area contributed by atoms with E-state index in [1.54, 1.807) is 13.0 Å². The highest BCUT2D eigenvalue weighted by Crippen LogP contribution is 2.17. The summed E-state index contributed by atoms with van der Waals surface area (Å²) in [7, 11) is 1.45. The van der Waals surface area contributed by atoms with E-state index in [4.69, 9.17) is 11.6 Å². The van der Waals surface area contributed by atoms with E-state index < -0.39 is 12.1 Å². The van der Waals surface area contributed by atoms with Gasteiger partial charge in [0.25, 0.3) is 0 Å². The predicted molar refractivity (Wildman–Crippen MR) is 75.1 cm³/mol. The third kappa shape index (κ3) is 4.89. The highest BCUT2D eigenvalue weighted by molar-refractivity contribution is 6.30. The first-order valence-corrected chi connectivity index (χ1v) is 6.36. The molecule has 2 atom stereocenters. The molecule has 0 aliphatic carbocycles. The van der Waals surface area contributed by atoms with Crippen LogP contribution in [0.3, 0.4) is 0 Å². The number of amides is 3. The molecule has 5 nitrogen and oxygen atoms in total. The van der Waals surface area contributed by atoms with Crippen LogP contribution in [0.25, 0.3) is 0 Å². The largest absolute Gasteiger partial charge is 0.341 e. The molecule has 104 valence electrons. The zero-order valence-corrected chi connectivity index (χ0v) is 11.9. The summed E-state index contributed by atoms with van der Waals surface area (Å²) in [5.74, 6) is -0.381. The Morgan fingerprint density at radius 3 is 2.53 bits per heavy atom. The Morgan fingerprint density at radius 1 is 1.26 bits per heavy atom. The van der Waals surface area contributed by atoms with Crippen molar-refractivity contribution >= 4 is 23.5 Å². The summed E-state index contributed by atoms with van der Waals surface area (Å²) in [5, 5.41) is 8.30. The van der Waals surface area contributed by atoms with E-state index in [0.717, 1.165) is 5.56 Å². The minimum atomic E-state index is -0.519. The summed E-state index contributed by atoms with van der Waals surface area (Å²) in [5.41, 5.74) is 0.979. The number of halogens is 1. The van der Waals surface area contributed by atoms with Crippen LogP contribution in [-0.2, 0) is 4.79 Å². The molecule has 0 fully saturated rings. The topological polar surface area (TPSA) is 70.2 Å². The lowest BCUT2D eigenvalue weighted by Gasteiger charge is -2.19. The molecule has 1 aromatic carbocycles. The SMILES string of the molecule is CNC(=O)NC(=O)[C@H](C)N[C@@H](C)c1cccc(Cl)c1. The van der Waals surface area contributed by atoms with Gasteiger partial charge in [-0.05, 0) is 31.5 Å². The number of nitrogens with one attached hydrogen (secondary N) is 3. The van der Waals surface area contributed by atoms with Gasteiger partial charge in [0.05, 0.1) is 6.04 Å². The first-order chi connectivity index (χ1) is 8.93. The van der Waals surface area contributed by atoms with Crippen LogP contribution in [0.2, 0.25) is 5.02 Å². The molecule has 0 unspecified atom stereocenters. The standard InChI is InChI=1S/C13H18ClN3O2/c1-8(10-5-4-6-11(14)7-10)16-9(2)12(18)17-13(19)15-3/h4-9,16H,1-3H3,(H2,15,17,18,19)/t8-,9-/m0/s1. The Morgan fingerprint density at radius 2 is 1.95 bits per heavy atom. The highest BCUT2D eigenvalue weighted by Gasteiger charge is 2.17. The lowest BCUT2D eigenvalue weighted by atomic mass is 10.1. The fraction of sp³-hybridized carbons (Fsp3) is 0.385. The molecule has 0 radical (unpaired) electrons. The van der Waals surface area contributed by atoms with E-state index in [1.165, 1.54) is 7.05 Å². The van der Waals surface area contributed by atoms with Gasteiger partial charge in [-0.15, -0.1) is 0 Å². The van der Waals surface area contributed by atoms with Gasteiger partial charge in [-0.3, -0.25) is 15.4 Å². The average Bonchev–Trinajstić information content (AvgIpc) is 2.38. The van der Waals surface area contributed by atoms with Crippen LogP contribution in [-0.4, -0.2) is 25.0 Å². The van der Waals surface area contributed by atoms with Crippen molar-refractivity contribution < 1.29 is 9.59 Å². The van der Waals surface area contributed by atoms with Crippen LogP contribution in [0.1, 0.15) is 25.5 Å². The van der Waals surface area contributed by atoms with Crippen molar-refractivity contribution in [2.24, 2.45) is 0 Å². The minimum Gasteiger partial charge on any atom is -0.341 e. The van der Waals surface area contributed by atoms with Crippen molar-refractivity contribution in [2.45, 2.75) is 25.9 Å². The molecular formula is C13H18ClN3O2. The maximum absolute atomic E-state index is 11.7. The van der Waals surface area contributed by atoms with Gasteiger partial charge < -0.3 is 5.32 Å². The number of carbonyl (C=O) groups is 2. The third-order valence-electron chi connectivity index (χ3n) is 2.71. The zero-order chi connectivity index (χ0) is 14.4. The number of imide groups is 1. The van der Waals surface area contributed by atoms with Gasteiger partial charge in [0, 0.05) is 18.1 Å². The van der Waals surface area contributed by atoms with Crippen molar-refractivity contribution in [1.29, 1.82) is 0 Å². The molecule has 1 aromatic rings. The number of urea groups is 1. The molecule has 0 aromatic heterocycles. The minimum absolute atomic E-state index is 0.0517. The molecule has 0 saturated heterocycles. The normalized spacial score (nSPS) is 13.5. The van der Waals surface area contributed by atoms with E-state index in [2.05, 4.69) is 16.0 Å². The van der Waals surface area contributed by atoms with Gasteiger partial charge >= 0.3 is 6.03 Å². The van der Waals surface area contributed by atoms with Crippen LogP contribution < -0.4 is 16.0 Å². The Kier molecular flexibility index (Phi) is 5.79. The van der Waals surface area contributed by atoms with Crippen LogP contribution >= 0.6 is 11.6 Å². The predicted octanol–water partition coefficient (Wildman–Crippen LogP) is 1.83. The second kappa shape index (κ2) is 7.11. The molecule has 0 spiro atoms. The van der Waals surface area contributed by atoms with Gasteiger partial charge in [-0.25, -0.2) is 4.79 Å². The Labute approximate surface area is 117 Å². The van der Waals surface area contributed by atoms with Gasteiger partial charge in [0.2, 0.25) is 5.91 Å². The molecule has 1 rings (SSSR count). The smallest absolute Gasteiger partial charge is 0.321 e. The molecule has 19 heavy (non-hydrogen) atoms. The van der Waals surface area contributed by atoms with Crippen LogP contribution in [0.15, 0.2) is 24.3 Å². The van der Waals surface area contributed by atoms with Crippen molar-refractivity contribution in [3.8, 4) is 0 Å². The van der Waals surface area contributed by atoms with Crippen LogP contribution in [0.4, 0.5) is 4.79 Å². The lowest BCUT2D eigenvalue weighted by Crippen LogP contribution is -2.47. The average molecular weight is 284 g/mol. The van der Waals surface area contributed by atoms with Gasteiger partial charge in [-0.2, -0.15) is 0 Å². The highest BCUT2D eigenvalue weighted by atomic mass is 35.5. The first-order valence-electron chi connectivity index (χ1n) is 5.98. The molecule has 0 saturated carbocycles. The Hall–Kier alpha value is -1.59. The van der Waals surface area contributed by atoms with Crippen LogP contribution in [0.5, 0.6) is 0 Å². The summed E-state index contributed by atoms with van der Waals surface area (Å²) >= 11 is 5.92. The van der Waals surface area contributed by atoms with Crippen molar-refractivity contribution in [2.75, 3.05) is 7.05 Å². The fourth-order valence-corrected chi connectivity index (χ4v) is 1.80. The number of rotatable bonds is 4. The van der Waals surface area contributed by atoms with E-state index >= 15 is 0 Å². The summed E-state index contributed by atoms with van der Waals surface area (Å²) in [6.07, 6.45) is 0. The van der Waals surface area contributed by atoms with E-state index in [0.29, 0.717) is 5.02 Å². The molecule has 3 amide bonds. The second-order valence-electron chi connectivity index (χ2n) is 4.23. The van der Waals surface area contributed by atoms with Gasteiger partial charge in [0.15, 0.2) is 0 Å². The van der Waals surface area contributed by atoms with E-state index in [-0.39, 0.29) is 11.9 Å². The maximum Gasteiger partial charge on any atom is 0.321 e. The van der Waals surface area contributed by atoms with Gasteiger partial charge in [-0.1, -0.05) is 23.7 Å². The number of hydrogen-bond acceptors (Lipinski definition) is 3. The summed E-state index contributed by atoms with van der Waals surface area (Å²) in [4.78, 5) is 22.7. The molecule has 6 heteroatoms. The third-order valence-corrected chi connectivity index (χ3v) is 2.94. The molecule has 0 heterocycles. The van der Waals surface area contributed by atoms with E-state index in [9.17, 15) is 9.59 Å². The summed E-state index contributed by atoms with van der Waals surface area (Å²) in [6, 6.07) is 6.34. The van der Waals surface area contributed by atoms with Gasteiger partial charge in [0.1, 0.15) is 0 Å². The van der Waals surface area contributed by atoms with Crippen molar-refractivity contribution in [1.82, 2.24) is 16.0 Å². The number of carbonyl (C=O) groups excluding carboxylic acids is 2. The second-order valence-corrected chi connectivity index (χ2v) is 4.67. The summed E-state index contributed by atoms with van der Waals surface area (Å²) < 4.78 is 0. The quantitative estimate of drug-likeness (QED) is 0.790. The Balaban J connectivity index is 2.58. The monoisotopic (exact) mass is 283 g/mol. The molecule has 0 aliphatic rings. The molecule has 3 N–H and O–H groups in total. The van der Waals surface area contributed by atoms with Crippen LogP contribution in [0, 0.1) is 0 Å². The zero-order valence-electron chi connectivity index (χ0n) is 11.2. The fourth-order valence-electron chi connectivity index (χ4n) is 1.61.